The van der Waals surface area contributed by atoms with Crippen molar-refractivity contribution in [1.29, 1.82) is 0 Å². The first kappa shape index (κ1) is 7.55. The number of pyridine rings is 1. The smallest absolute Gasteiger partial charge is 0.218 e. The SMILES string of the molecule is NCc1cccnc1OC1CC1. The summed E-state index contributed by atoms with van der Waals surface area (Å²) in [6.45, 7) is 0.496. The molecule has 1 aliphatic rings. The lowest BCUT2D eigenvalue weighted by Gasteiger charge is -2.06. The third-order valence-corrected chi connectivity index (χ3v) is 1.87. The van der Waals surface area contributed by atoms with Crippen LogP contribution in [0.3, 0.4) is 0 Å². The maximum atomic E-state index is 5.56. The van der Waals surface area contributed by atoms with Crippen molar-refractivity contribution in [1.82, 2.24) is 4.98 Å². The van der Waals surface area contributed by atoms with Crippen LogP contribution in [0.15, 0.2) is 18.3 Å². The van der Waals surface area contributed by atoms with Gasteiger partial charge in [0.25, 0.3) is 0 Å². The van der Waals surface area contributed by atoms with E-state index in [0.717, 1.165) is 18.4 Å². The fraction of sp³-hybridized carbons (Fsp3) is 0.444. The van der Waals surface area contributed by atoms with E-state index in [1.807, 2.05) is 12.1 Å². The Bertz CT molecular complexity index is 271. The summed E-state index contributed by atoms with van der Waals surface area (Å²) in [6, 6.07) is 3.83. The molecule has 2 rings (SSSR count). The van der Waals surface area contributed by atoms with E-state index in [2.05, 4.69) is 4.98 Å². The van der Waals surface area contributed by atoms with E-state index in [1.54, 1.807) is 6.20 Å². The summed E-state index contributed by atoms with van der Waals surface area (Å²) in [5, 5.41) is 0. The maximum absolute atomic E-state index is 5.56. The normalized spacial score (nSPS) is 16.1. The predicted octanol–water partition coefficient (Wildman–Crippen LogP) is 1.08. The molecule has 0 spiro atoms. The summed E-state index contributed by atoms with van der Waals surface area (Å²) >= 11 is 0. The van der Waals surface area contributed by atoms with Gasteiger partial charge in [-0.2, -0.15) is 0 Å². The van der Waals surface area contributed by atoms with Crippen molar-refractivity contribution in [2.24, 2.45) is 5.73 Å². The summed E-state index contributed by atoms with van der Waals surface area (Å²) in [5.41, 5.74) is 6.52. The Morgan fingerprint density at radius 1 is 1.58 bits per heavy atom. The van der Waals surface area contributed by atoms with Gasteiger partial charge in [0.2, 0.25) is 5.88 Å². The van der Waals surface area contributed by atoms with Crippen molar-refractivity contribution in [2.75, 3.05) is 0 Å². The van der Waals surface area contributed by atoms with Crippen molar-refractivity contribution in [3.8, 4) is 5.88 Å². The van der Waals surface area contributed by atoms with Crippen LogP contribution in [0, 0.1) is 0 Å². The first-order valence-corrected chi connectivity index (χ1v) is 4.21. The van der Waals surface area contributed by atoms with Gasteiger partial charge >= 0.3 is 0 Å². The summed E-state index contributed by atoms with van der Waals surface area (Å²) in [4.78, 5) is 4.13. The zero-order valence-corrected chi connectivity index (χ0v) is 6.86. The van der Waals surface area contributed by atoms with Gasteiger partial charge in [-0.05, 0) is 18.9 Å². The summed E-state index contributed by atoms with van der Waals surface area (Å²) in [5.74, 6) is 0.711. The van der Waals surface area contributed by atoms with Gasteiger partial charge < -0.3 is 10.5 Å². The highest BCUT2D eigenvalue weighted by Gasteiger charge is 2.24. The van der Waals surface area contributed by atoms with E-state index in [-0.39, 0.29) is 0 Å². The maximum Gasteiger partial charge on any atom is 0.218 e. The molecule has 0 aliphatic heterocycles. The van der Waals surface area contributed by atoms with Crippen LogP contribution in [0.4, 0.5) is 0 Å². The fourth-order valence-electron chi connectivity index (χ4n) is 1.03. The van der Waals surface area contributed by atoms with Crippen LogP contribution in [-0.2, 0) is 6.54 Å². The van der Waals surface area contributed by atoms with Crippen LogP contribution in [-0.4, -0.2) is 11.1 Å². The van der Waals surface area contributed by atoms with E-state index in [0.29, 0.717) is 18.5 Å². The van der Waals surface area contributed by atoms with E-state index >= 15 is 0 Å². The van der Waals surface area contributed by atoms with E-state index in [4.69, 9.17) is 10.5 Å². The minimum absolute atomic E-state index is 0.394. The fourth-order valence-corrected chi connectivity index (χ4v) is 1.03. The molecular formula is C9H12N2O. The van der Waals surface area contributed by atoms with Crippen LogP contribution >= 0.6 is 0 Å². The van der Waals surface area contributed by atoms with Crippen LogP contribution in [0.2, 0.25) is 0 Å². The molecule has 0 bridgehead atoms. The first-order valence-electron chi connectivity index (χ1n) is 4.21. The van der Waals surface area contributed by atoms with E-state index < -0.39 is 0 Å². The Labute approximate surface area is 71.6 Å². The second-order valence-corrected chi connectivity index (χ2v) is 2.99. The quantitative estimate of drug-likeness (QED) is 0.727. The molecule has 1 aliphatic carbocycles. The molecule has 2 N–H and O–H groups in total. The van der Waals surface area contributed by atoms with Gasteiger partial charge in [-0.3, -0.25) is 0 Å². The highest BCUT2D eigenvalue weighted by Crippen LogP contribution is 2.27. The van der Waals surface area contributed by atoms with Gasteiger partial charge in [0, 0.05) is 18.3 Å². The first-order chi connectivity index (χ1) is 5.90. The van der Waals surface area contributed by atoms with Gasteiger partial charge in [-0.25, -0.2) is 4.98 Å². The van der Waals surface area contributed by atoms with Crippen LogP contribution < -0.4 is 10.5 Å². The Hall–Kier alpha value is -1.09. The van der Waals surface area contributed by atoms with E-state index in [1.165, 1.54) is 0 Å². The minimum Gasteiger partial charge on any atom is -0.474 e. The number of rotatable bonds is 3. The Balaban J connectivity index is 2.15. The molecule has 0 aromatic carbocycles. The van der Waals surface area contributed by atoms with Crippen LogP contribution in [0.25, 0.3) is 0 Å². The molecule has 3 heteroatoms. The zero-order chi connectivity index (χ0) is 8.39. The van der Waals surface area contributed by atoms with Crippen molar-refractivity contribution < 1.29 is 4.74 Å². The molecule has 1 fully saturated rings. The zero-order valence-electron chi connectivity index (χ0n) is 6.86. The second-order valence-electron chi connectivity index (χ2n) is 2.99. The van der Waals surface area contributed by atoms with Crippen LogP contribution in [0.5, 0.6) is 5.88 Å². The number of nitrogens with zero attached hydrogens (tertiary/aromatic N) is 1. The lowest BCUT2D eigenvalue weighted by atomic mass is 10.3. The Morgan fingerprint density at radius 3 is 3.08 bits per heavy atom. The third-order valence-electron chi connectivity index (χ3n) is 1.87. The molecule has 0 radical (unpaired) electrons. The largest absolute Gasteiger partial charge is 0.474 e. The van der Waals surface area contributed by atoms with Gasteiger partial charge in [0.15, 0.2) is 0 Å². The number of aromatic nitrogens is 1. The van der Waals surface area contributed by atoms with Crippen LogP contribution in [0.1, 0.15) is 18.4 Å². The lowest BCUT2D eigenvalue weighted by molar-refractivity contribution is 0.287. The average molecular weight is 164 g/mol. The number of hydrogen-bond acceptors (Lipinski definition) is 3. The monoisotopic (exact) mass is 164 g/mol. The average Bonchev–Trinajstić information content (AvgIpc) is 2.89. The molecule has 3 nitrogen and oxygen atoms in total. The molecule has 64 valence electrons. The molecule has 0 saturated heterocycles. The molecule has 1 aromatic rings. The standard InChI is InChI=1S/C9H12N2O/c10-6-7-2-1-5-11-9(7)12-8-3-4-8/h1-2,5,8H,3-4,6,10H2. The number of ether oxygens (including phenoxy) is 1. The van der Waals surface area contributed by atoms with Crippen molar-refractivity contribution in [2.45, 2.75) is 25.5 Å². The Morgan fingerprint density at radius 2 is 2.42 bits per heavy atom. The second kappa shape index (κ2) is 3.11. The molecule has 0 amide bonds. The van der Waals surface area contributed by atoms with Gasteiger partial charge in [0.1, 0.15) is 6.10 Å². The molecule has 1 aromatic heterocycles. The molecule has 1 heterocycles. The number of nitrogens with two attached hydrogens (primary N) is 1. The molecule has 12 heavy (non-hydrogen) atoms. The summed E-state index contributed by atoms with van der Waals surface area (Å²) < 4.78 is 5.56. The Kier molecular flexibility index (Phi) is 1.96. The van der Waals surface area contributed by atoms with Crippen molar-refractivity contribution in [3.05, 3.63) is 23.9 Å². The molecule has 0 atom stereocenters. The van der Waals surface area contributed by atoms with E-state index in [9.17, 15) is 0 Å². The lowest BCUT2D eigenvalue weighted by Crippen LogP contribution is -2.05. The molecule has 0 unspecified atom stereocenters. The predicted molar refractivity (Wildman–Crippen MR) is 45.8 cm³/mol. The highest BCUT2D eigenvalue weighted by atomic mass is 16.5. The highest BCUT2D eigenvalue weighted by molar-refractivity contribution is 5.25. The molecular weight excluding hydrogens is 152 g/mol. The number of hydrogen-bond donors (Lipinski definition) is 1. The molecule has 1 saturated carbocycles. The van der Waals surface area contributed by atoms with Gasteiger partial charge in [-0.15, -0.1) is 0 Å². The summed E-state index contributed by atoms with van der Waals surface area (Å²) in [7, 11) is 0. The minimum atomic E-state index is 0.394. The summed E-state index contributed by atoms with van der Waals surface area (Å²) in [6.07, 6.45) is 4.43. The van der Waals surface area contributed by atoms with Gasteiger partial charge in [0.05, 0.1) is 0 Å². The topological polar surface area (TPSA) is 48.1 Å². The van der Waals surface area contributed by atoms with Crippen molar-refractivity contribution in [3.63, 3.8) is 0 Å². The third kappa shape index (κ3) is 1.56. The van der Waals surface area contributed by atoms with Crippen molar-refractivity contribution >= 4 is 0 Å². The van der Waals surface area contributed by atoms with Gasteiger partial charge in [-0.1, -0.05) is 6.07 Å².